The maximum atomic E-state index is 6.78. The summed E-state index contributed by atoms with van der Waals surface area (Å²) in [4.78, 5) is 0. The Balaban J connectivity index is 3.27. The third kappa shape index (κ3) is 4.97. The van der Waals surface area contributed by atoms with E-state index in [0.29, 0.717) is 11.8 Å². The lowest BCUT2D eigenvalue weighted by Gasteiger charge is -2.40. The number of benzene rings is 1. The van der Waals surface area contributed by atoms with Crippen LogP contribution in [-0.4, -0.2) is 14.2 Å². The minimum Gasteiger partial charge on any atom is -0.406 e. The van der Waals surface area contributed by atoms with Crippen LogP contribution in [-0.2, 0) is 4.43 Å². The van der Waals surface area contributed by atoms with E-state index in [0.717, 1.165) is 0 Å². The molecule has 0 spiro atoms. The summed E-state index contributed by atoms with van der Waals surface area (Å²) in [5.41, 5.74) is 2.50. The van der Waals surface area contributed by atoms with E-state index in [1.807, 2.05) is 6.07 Å². The van der Waals surface area contributed by atoms with Crippen molar-refractivity contribution in [2.45, 2.75) is 58.9 Å². The lowest BCUT2D eigenvalue weighted by molar-refractivity contribution is 0.207. The Hall–Kier alpha value is -0.573. The number of halogens is 1. The van der Waals surface area contributed by atoms with Gasteiger partial charge in [0, 0.05) is 5.88 Å². The maximum absolute atomic E-state index is 6.78. The van der Waals surface area contributed by atoms with Gasteiger partial charge in [-0.15, -0.1) is 11.6 Å². The Bertz CT molecular complexity index is 486. The fraction of sp³-hybridized carbons (Fsp3) is 0.579. The zero-order valence-corrected chi connectivity index (χ0v) is 16.9. The van der Waals surface area contributed by atoms with Gasteiger partial charge in [-0.25, -0.2) is 0 Å². The minimum atomic E-state index is -1.87. The fourth-order valence-electron chi connectivity index (χ4n) is 2.16. The van der Waals surface area contributed by atoms with E-state index in [2.05, 4.69) is 78.1 Å². The van der Waals surface area contributed by atoms with E-state index in [-0.39, 0.29) is 11.1 Å². The highest BCUT2D eigenvalue weighted by Gasteiger charge is 2.40. The van der Waals surface area contributed by atoms with Gasteiger partial charge in [-0.1, -0.05) is 71.0 Å². The number of rotatable bonds is 6. The molecule has 0 N–H and O–H groups in total. The van der Waals surface area contributed by atoms with E-state index >= 15 is 0 Å². The Morgan fingerprint density at radius 3 is 2.14 bits per heavy atom. The normalized spacial score (nSPS) is 15.2. The van der Waals surface area contributed by atoms with Crippen LogP contribution in [0.15, 0.2) is 42.0 Å². The van der Waals surface area contributed by atoms with Crippen LogP contribution in [0.5, 0.6) is 0 Å². The first-order chi connectivity index (χ1) is 10.1. The van der Waals surface area contributed by atoms with E-state index in [4.69, 9.17) is 16.0 Å². The van der Waals surface area contributed by atoms with Gasteiger partial charge in [-0.2, -0.15) is 0 Å². The lowest BCUT2D eigenvalue weighted by atomic mass is 9.93. The third-order valence-electron chi connectivity index (χ3n) is 4.60. The molecule has 0 heterocycles. The Morgan fingerprint density at radius 1 is 1.18 bits per heavy atom. The molecule has 1 nitrogen and oxygen atoms in total. The minimum absolute atomic E-state index is 0.000779. The molecule has 1 atom stereocenters. The van der Waals surface area contributed by atoms with Crippen LogP contribution in [0.4, 0.5) is 0 Å². The third-order valence-corrected chi connectivity index (χ3v) is 9.19. The topological polar surface area (TPSA) is 9.23 Å². The second kappa shape index (κ2) is 7.81. The van der Waals surface area contributed by atoms with E-state index < -0.39 is 8.32 Å². The average Bonchev–Trinajstić information content (AvgIpc) is 2.42. The van der Waals surface area contributed by atoms with Gasteiger partial charge < -0.3 is 4.43 Å². The van der Waals surface area contributed by atoms with Crippen LogP contribution in [0.2, 0.25) is 18.1 Å². The smallest absolute Gasteiger partial charge is 0.193 e. The van der Waals surface area contributed by atoms with Crippen LogP contribution in [0.25, 0.3) is 0 Å². The van der Waals surface area contributed by atoms with Gasteiger partial charge >= 0.3 is 0 Å². The number of alkyl halides is 1. The van der Waals surface area contributed by atoms with Gasteiger partial charge in [0.2, 0.25) is 0 Å². The van der Waals surface area contributed by atoms with Crippen molar-refractivity contribution in [3.8, 4) is 0 Å². The fourth-order valence-corrected chi connectivity index (χ4v) is 3.56. The van der Waals surface area contributed by atoms with Crippen molar-refractivity contribution >= 4 is 19.9 Å². The van der Waals surface area contributed by atoms with Gasteiger partial charge in [-0.05, 0) is 35.2 Å². The first-order valence-electron chi connectivity index (χ1n) is 8.09. The van der Waals surface area contributed by atoms with Gasteiger partial charge in [0.15, 0.2) is 8.32 Å². The zero-order chi connectivity index (χ0) is 17.0. The second-order valence-corrected chi connectivity index (χ2v) is 12.7. The molecule has 124 valence electrons. The summed E-state index contributed by atoms with van der Waals surface area (Å²) in [6.45, 7) is 15.9. The SMILES string of the molecule is CC(C)/C(=C\CCl)[C@H](O[Si](C)(C)C(C)(C)C)c1ccccc1. The molecule has 1 aromatic carbocycles. The lowest BCUT2D eigenvalue weighted by Crippen LogP contribution is -2.42. The van der Waals surface area contributed by atoms with Crippen LogP contribution in [0.3, 0.4) is 0 Å². The molecule has 0 fully saturated rings. The molecule has 0 aliphatic carbocycles. The quantitative estimate of drug-likeness (QED) is 0.324. The summed E-state index contributed by atoms with van der Waals surface area (Å²) in [5.74, 6) is 0.936. The number of hydrogen-bond donors (Lipinski definition) is 0. The van der Waals surface area contributed by atoms with Crippen molar-refractivity contribution in [1.82, 2.24) is 0 Å². The number of allylic oxidation sites excluding steroid dienone is 1. The summed E-state index contributed by atoms with van der Waals surface area (Å²) < 4.78 is 6.78. The molecule has 0 aliphatic rings. The van der Waals surface area contributed by atoms with Crippen molar-refractivity contribution < 1.29 is 4.43 Å². The highest BCUT2D eigenvalue weighted by atomic mass is 35.5. The van der Waals surface area contributed by atoms with Gasteiger partial charge in [0.25, 0.3) is 0 Å². The van der Waals surface area contributed by atoms with Crippen molar-refractivity contribution in [1.29, 1.82) is 0 Å². The monoisotopic (exact) mass is 338 g/mol. The molecule has 1 aromatic rings. The average molecular weight is 339 g/mol. The first-order valence-corrected chi connectivity index (χ1v) is 11.5. The molecule has 3 heteroatoms. The Kier molecular flexibility index (Phi) is 6.91. The molecule has 0 bridgehead atoms. The van der Waals surface area contributed by atoms with Crippen molar-refractivity contribution in [2.24, 2.45) is 5.92 Å². The number of hydrogen-bond acceptors (Lipinski definition) is 1. The highest BCUT2D eigenvalue weighted by Crippen LogP contribution is 2.42. The molecular weight excluding hydrogens is 308 g/mol. The van der Waals surface area contributed by atoms with Crippen LogP contribution in [0.1, 0.15) is 46.3 Å². The summed E-state index contributed by atoms with van der Waals surface area (Å²) in [5, 5.41) is 0.184. The van der Waals surface area contributed by atoms with Gasteiger partial charge in [0.05, 0.1) is 6.10 Å². The Morgan fingerprint density at radius 2 is 1.73 bits per heavy atom. The van der Waals surface area contributed by atoms with Crippen LogP contribution < -0.4 is 0 Å². The Labute approximate surface area is 142 Å². The van der Waals surface area contributed by atoms with Crippen molar-refractivity contribution in [3.63, 3.8) is 0 Å². The molecule has 22 heavy (non-hydrogen) atoms. The predicted octanol–water partition coefficient (Wildman–Crippen LogP) is 6.57. The molecule has 0 aromatic heterocycles. The second-order valence-electron chi connectivity index (χ2n) is 7.68. The largest absolute Gasteiger partial charge is 0.406 e. The summed E-state index contributed by atoms with van der Waals surface area (Å²) in [7, 11) is -1.87. The molecule has 0 saturated heterocycles. The molecule has 1 rings (SSSR count). The van der Waals surface area contributed by atoms with E-state index in [9.17, 15) is 0 Å². The summed E-state index contributed by atoms with van der Waals surface area (Å²) in [6.07, 6.45) is 2.12. The van der Waals surface area contributed by atoms with E-state index in [1.54, 1.807) is 0 Å². The molecule has 0 amide bonds. The molecule has 0 unspecified atom stereocenters. The van der Waals surface area contributed by atoms with Gasteiger partial charge in [-0.3, -0.25) is 0 Å². The highest BCUT2D eigenvalue weighted by molar-refractivity contribution is 6.74. The molecule has 0 saturated carbocycles. The zero-order valence-electron chi connectivity index (χ0n) is 15.1. The molecule has 0 radical (unpaired) electrons. The maximum Gasteiger partial charge on any atom is 0.193 e. The van der Waals surface area contributed by atoms with Gasteiger partial charge in [0.1, 0.15) is 0 Å². The summed E-state index contributed by atoms with van der Waals surface area (Å²) >= 11 is 6.01. The molecular formula is C19H31ClOSi. The van der Waals surface area contributed by atoms with E-state index in [1.165, 1.54) is 11.1 Å². The first kappa shape index (κ1) is 19.5. The summed E-state index contributed by atoms with van der Waals surface area (Å²) in [6, 6.07) is 10.5. The predicted molar refractivity (Wildman–Crippen MR) is 101 cm³/mol. The van der Waals surface area contributed by atoms with Crippen LogP contribution in [0, 0.1) is 5.92 Å². The van der Waals surface area contributed by atoms with Crippen LogP contribution >= 0.6 is 11.6 Å². The molecule has 0 aliphatic heterocycles. The standard InChI is InChI=1S/C19H31ClOSi/c1-15(2)17(13-14-20)18(16-11-9-8-10-12-16)21-22(6,7)19(3,4)5/h8-13,15,18H,14H2,1-7H3/b17-13+/t18-/m1/s1. The van der Waals surface area contributed by atoms with Crippen molar-refractivity contribution in [3.05, 3.63) is 47.5 Å². The van der Waals surface area contributed by atoms with Crippen molar-refractivity contribution in [2.75, 3.05) is 5.88 Å².